The average Bonchev–Trinajstić information content (AvgIpc) is 2.70. The lowest BCUT2D eigenvalue weighted by Gasteiger charge is -2.12. The van der Waals surface area contributed by atoms with Gasteiger partial charge < -0.3 is 14.9 Å². The van der Waals surface area contributed by atoms with Gasteiger partial charge in [0, 0.05) is 5.56 Å². The normalized spacial score (nSPS) is 11.9. The minimum absolute atomic E-state index is 0.113. The Morgan fingerprint density at radius 2 is 1.63 bits per heavy atom. The van der Waals surface area contributed by atoms with Crippen LogP contribution in [0.4, 0.5) is 0 Å². The summed E-state index contributed by atoms with van der Waals surface area (Å²) in [5, 5.41) is 21.3. The standard InChI is InChI=1S/C22H20O5/c23-20(18-8-7-15-4-1-2-5-17(15)14-18)6-3-13-27-19-11-9-16(10-12-19)21(24)22(25)26/h1-2,4-5,7-12,14,20,23H,3,6,13H2,(H,25,26). The van der Waals surface area contributed by atoms with E-state index in [1.165, 1.54) is 12.1 Å². The van der Waals surface area contributed by atoms with Crippen molar-refractivity contribution in [2.45, 2.75) is 18.9 Å². The molecule has 5 heteroatoms. The molecule has 0 saturated heterocycles. The third-order valence-corrected chi connectivity index (χ3v) is 4.36. The summed E-state index contributed by atoms with van der Waals surface area (Å²) in [5.74, 6) is -1.87. The van der Waals surface area contributed by atoms with Crippen molar-refractivity contribution in [2.75, 3.05) is 6.61 Å². The number of carbonyl (C=O) groups is 2. The number of aliphatic carboxylic acids is 1. The molecule has 3 rings (SSSR count). The van der Waals surface area contributed by atoms with Crippen LogP contribution in [0.25, 0.3) is 10.8 Å². The first-order valence-electron chi connectivity index (χ1n) is 8.72. The number of carbonyl (C=O) groups excluding carboxylic acids is 1. The number of carboxylic acid groups (broad SMARTS) is 1. The molecular weight excluding hydrogens is 344 g/mol. The first kappa shape index (κ1) is 18.6. The highest BCUT2D eigenvalue weighted by Gasteiger charge is 2.14. The maximum atomic E-state index is 11.3. The van der Waals surface area contributed by atoms with Crippen LogP contribution in [-0.2, 0) is 4.79 Å². The molecule has 3 aromatic carbocycles. The summed E-state index contributed by atoms with van der Waals surface area (Å²) in [4.78, 5) is 22.0. The molecule has 1 atom stereocenters. The van der Waals surface area contributed by atoms with E-state index >= 15 is 0 Å². The predicted molar refractivity (Wildman–Crippen MR) is 102 cm³/mol. The van der Waals surface area contributed by atoms with Gasteiger partial charge in [0.05, 0.1) is 12.7 Å². The molecule has 138 valence electrons. The molecular formula is C22H20O5. The van der Waals surface area contributed by atoms with Crippen molar-refractivity contribution in [3.63, 3.8) is 0 Å². The number of fused-ring (bicyclic) bond motifs is 1. The Labute approximate surface area is 156 Å². The molecule has 0 aliphatic carbocycles. The van der Waals surface area contributed by atoms with Crippen LogP contribution in [0.1, 0.15) is 34.9 Å². The van der Waals surface area contributed by atoms with E-state index < -0.39 is 17.9 Å². The van der Waals surface area contributed by atoms with Crippen LogP contribution in [0.3, 0.4) is 0 Å². The van der Waals surface area contributed by atoms with Gasteiger partial charge in [-0.2, -0.15) is 0 Å². The Morgan fingerprint density at radius 1 is 0.926 bits per heavy atom. The fourth-order valence-corrected chi connectivity index (χ4v) is 2.87. The zero-order valence-electron chi connectivity index (χ0n) is 14.7. The van der Waals surface area contributed by atoms with Gasteiger partial charge in [0.15, 0.2) is 0 Å². The monoisotopic (exact) mass is 364 g/mol. The van der Waals surface area contributed by atoms with Gasteiger partial charge >= 0.3 is 5.97 Å². The molecule has 0 aromatic heterocycles. The summed E-state index contributed by atoms with van der Waals surface area (Å²) < 4.78 is 5.59. The van der Waals surface area contributed by atoms with Gasteiger partial charge in [-0.3, -0.25) is 4.79 Å². The Morgan fingerprint density at radius 3 is 2.33 bits per heavy atom. The highest BCUT2D eigenvalue weighted by molar-refractivity contribution is 6.39. The van der Waals surface area contributed by atoms with Crippen molar-refractivity contribution in [3.8, 4) is 5.75 Å². The van der Waals surface area contributed by atoms with Crippen molar-refractivity contribution in [2.24, 2.45) is 0 Å². The molecule has 0 fully saturated rings. The number of aliphatic hydroxyl groups excluding tert-OH is 1. The fraction of sp³-hybridized carbons (Fsp3) is 0.182. The molecule has 2 N–H and O–H groups in total. The molecule has 0 bridgehead atoms. The number of hydrogen-bond donors (Lipinski definition) is 2. The fourth-order valence-electron chi connectivity index (χ4n) is 2.87. The topological polar surface area (TPSA) is 83.8 Å². The minimum atomic E-state index is -1.48. The van der Waals surface area contributed by atoms with E-state index in [1.807, 2.05) is 42.5 Å². The van der Waals surface area contributed by atoms with Crippen LogP contribution in [0, 0.1) is 0 Å². The van der Waals surface area contributed by atoms with Crippen LogP contribution in [0.15, 0.2) is 66.7 Å². The van der Waals surface area contributed by atoms with Gasteiger partial charge in [-0.15, -0.1) is 0 Å². The van der Waals surface area contributed by atoms with Crippen molar-refractivity contribution in [1.82, 2.24) is 0 Å². The zero-order chi connectivity index (χ0) is 19.2. The molecule has 0 aliphatic rings. The van der Waals surface area contributed by atoms with E-state index in [2.05, 4.69) is 0 Å². The van der Waals surface area contributed by atoms with Crippen molar-refractivity contribution >= 4 is 22.5 Å². The quantitative estimate of drug-likeness (QED) is 0.359. The van der Waals surface area contributed by atoms with Gasteiger partial charge in [0.1, 0.15) is 5.75 Å². The lowest BCUT2D eigenvalue weighted by atomic mass is 10.0. The molecule has 0 amide bonds. The molecule has 1 unspecified atom stereocenters. The van der Waals surface area contributed by atoms with Crippen molar-refractivity contribution in [1.29, 1.82) is 0 Å². The molecule has 0 aliphatic heterocycles. The van der Waals surface area contributed by atoms with E-state index in [1.54, 1.807) is 12.1 Å². The Balaban J connectivity index is 1.49. The largest absolute Gasteiger partial charge is 0.494 e. The second kappa shape index (κ2) is 8.47. The Kier molecular flexibility index (Phi) is 5.84. The van der Waals surface area contributed by atoms with E-state index in [9.17, 15) is 14.7 Å². The van der Waals surface area contributed by atoms with Crippen LogP contribution < -0.4 is 4.74 Å². The number of hydrogen-bond acceptors (Lipinski definition) is 4. The molecule has 5 nitrogen and oxygen atoms in total. The van der Waals surface area contributed by atoms with Gasteiger partial charge in [-0.25, -0.2) is 4.79 Å². The lowest BCUT2D eigenvalue weighted by Crippen LogP contribution is -2.12. The zero-order valence-corrected chi connectivity index (χ0v) is 14.7. The van der Waals surface area contributed by atoms with Crippen LogP contribution >= 0.6 is 0 Å². The number of Topliss-reactive ketones (excluding diaryl/α,β-unsaturated/α-hetero) is 1. The Bertz CT molecular complexity index is 946. The van der Waals surface area contributed by atoms with Crippen LogP contribution in [0.2, 0.25) is 0 Å². The van der Waals surface area contributed by atoms with Crippen molar-refractivity contribution < 1.29 is 24.5 Å². The molecule has 0 heterocycles. The second-order valence-corrected chi connectivity index (χ2v) is 6.27. The van der Waals surface area contributed by atoms with Crippen LogP contribution in [-0.4, -0.2) is 28.6 Å². The van der Waals surface area contributed by atoms with E-state index in [0.29, 0.717) is 25.2 Å². The number of benzene rings is 3. The van der Waals surface area contributed by atoms with Gasteiger partial charge in [-0.1, -0.05) is 36.4 Å². The van der Waals surface area contributed by atoms with E-state index in [-0.39, 0.29) is 5.56 Å². The number of ketones is 1. The third kappa shape index (κ3) is 4.71. The minimum Gasteiger partial charge on any atom is -0.494 e. The number of carboxylic acids is 1. The number of aliphatic hydroxyl groups is 1. The summed E-state index contributed by atoms with van der Waals surface area (Å²) in [5.41, 5.74) is 0.992. The molecule has 0 saturated carbocycles. The first-order chi connectivity index (χ1) is 13.0. The predicted octanol–water partition coefficient (Wildman–Crippen LogP) is 4.00. The SMILES string of the molecule is O=C(O)C(=O)c1ccc(OCCCC(O)c2ccc3ccccc3c2)cc1. The highest BCUT2D eigenvalue weighted by atomic mass is 16.5. The third-order valence-electron chi connectivity index (χ3n) is 4.36. The maximum absolute atomic E-state index is 11.3. The van der Waals surface area contributed by atoms with E-state index in [0.717, 1.165) is 16.3 Å². The lowest BCUT2D eigenvalue weighted by molar-refractivity contribution is -0.131. The summed E-state index contributed by atoms with van der Waals surface area (Å²) in [6, 6.07) is 19.9. The molecule has 27 heavy (non-hydrogen) atoms. The van der Waals surface area contributed by atoms with Gasteiger partial charge in [0.2, 0.25) is 0 Å². The molecule has 0 spiro atoms. The molecule has 0 radical (unpaired) electrons. The van der Waals surface area contributed by atoms with Crippen molar-refractivity contribution in [3.05, 3.63) is 77.9 Å². The van der Waals surface area contributed by atoms with Crippen LogP contribution in [0.5, 0.6) is 5.75 Å². The summed E-state index contributed by atoms with van der Waals surface area (Å²) >= 11 is 0. The summed E-state index contributed by atoms with van der Waals surface area (Å²) in [6.07, 6.45) is 0.659. The smallest absolute Gasteiger partial charge is 0.377 e. The number of ether oxygens (including phenoxy) is 1. The maximum Gasteiger partial charge on any atom is 0.377 e. The van der Waals surface area contributed by atoms with Gasteiger partial charge in [-0.05, 0) is 59.5 Å². The molecule has 3 aromatic rings. The Hall–Kier alpha value is -3.18. The first-order valence-corrected chi connectivity index (χ1v) is 8.72. The number of rotatable bonds is 8. The summed E-state index contributed by atoms with van der Waals surface area (Å²) in [7, 11) is 0. The highest BCUT2D eigenvalue weighted by Crippen LogP contribution is 2.23. The van der Waals surface area contributed by atoms with Gasteiger partial charge in [0.25, 0.3) is 5.78 Å². The summed E-state index contributed by atoms with van der Waals surface area (Å²) in [6.45, 7) is 0.414. The van der Waals surface area contributed by atoms with E-state index in [4.69, 9.17) is 9.84 Å². The average molecular weight is 364 g/mol. The second-order valence-electron chi connectivity index (χ2n) is 6.27.